The average molecular weight is 392 g/mol. The van der Waals surface area contributed by atoms with Crippen molar-refractivity contribution in [1.29, 1.82) is 0 Å². The molecule has 3 rings (SSSR count). The Balaban J connectivity index is 1.47. The van der Waals surface area contributed by atoms with Crippen LogP contribution in [0.5, 0.6) is 0 Å². The van der Waals surface area contributed by atoms with Gasteiger partial charge in [-0.1, -0.05) is 30.3 Å². The van der Waals surface area contributed by atoms with Crippen LogP contribution in [0.2, 0.25) is 0 Å². The molecule has 1 N–H and O–H groups in total. The van der Waals surface area contributed by atoms with E-state index in [1.165, 1.54) is 6.07 Å². The Bertz CT molecular complexity index is 772. The van der Waals surface area contributed by atoms with Gasteiger partial charge in [0, 0.05) is 32.4 Å². The monoisotopic (exact) mass is 392 g/mol. The lowest BCUT2D eigenvalue weighted by atomic mass is 10.1. The van der Waals surface area contributed by atoms with Gasteiger partial charge in [0.15, 0.2) is 0 Å². The van der Waals surface area contributed by atoms with E-state index in [2.05, 4.69) is 10.3 Å². The third-order valence-electron chi connectivity index (χ3n) is 4.82. The lowest BCUT2D eigenvalue weighted by molar-refractivity contribution is -0.137. The Labute approximate surface area is 162 Å². The van der Waals surface area contributed by atoms with Gasteiger partial charge < -0.3 is 10.2 Å². The molecule has 0 radical (unpaired) electrons. The van der Waals surface area contributed by atoms with Gasteiger partial charge in [0.25, 0.3) is 0 Å². The minimum atomic E-state index is -4.38. The van der Waals surface area contributed by atoms with Crippen molar-refractivity contribution in [2.75, 3.05) is 37.6 Å². The third kappa shape index (κ3) is 5.22. The van der Waals surface area contributed by atoms with Crippen LogP contribution in [0.25, 0.3) is 0 Å². The van der Waals surface area contributed by atoms with Crippen LogP contribution in [0, 0.1) is 0 Å². The van der Waals surface area contributed by atoms with Crippen LogP contribution in [0.15, 0.2) is 48.7 Å². The highest BCUT2D eigenvalue weighted by Crippen LogP contribution is 2.29. The van der Waals surface area contributed by atoms with Crippen LogP contribution >= 0.6 is 0 Å². The van der Waals surface area contributed by atoms with Gasteiger partial charge in [-0.05, 0) is 24.6 Å². The molecular weight excluding hydrogens is 369 g/mol. The third-order valence-corrected chi connectivity index (χ3v) is 4.82. The van der Waals surface area contributed by atoms with Crippen LogP contribution in [0.4, 0.5) is 19.0 Å². The number of alkyl halides is 3. The van der Waals surface area contributed by atoms with Gasteiger partial charge in [0.1, 0.15) is 5.82 Å². The first-order valence-corrected chi connectivity index (χ1v) is 9.18. The summed E-state index contributed by atoms with van der Waals surface area (Å²) in [5, 5.41) is 2.99. The number of carbonyl (C=O) groups is 1. The lowest BCUT2D eigenvalue weighted by Crippen LogP contribution is -2.49. The summed E-state index contributed by atoms with van der Waals surface area (Å²) >= 11 is 0. The molecule has 1 fully saturated rings. The zero-order chi connectivity index (χ0) is 20.1. The number of nitrogens with zero attached hydrogens (tertiary/aromatic N) is 3. The molecule has 2 aromatic rings. The van der Waals surface area contributed by atoms with Gasteiger partial charge in [-0.15, -0.1) is 0 Å². The van der Waals surface area contributed by atoms with E-state index in [9.17, 15) is 18.0 Å². The summed E-state index contributed by atoms with van der Waals surface area (Å²) < 4.78 is 37.9. The molecule has 0 saturated carbocycles. The van der Waals surface area contributed by atoms with E-state index in [0.717, 1.165) is 17.8 Å². The van der Waals surface area contributed by atoms with Crippen molar-refractivity contribution in [2.24, 2.45) is 0 Å². The summed E-state index contributed by atoms with van der Waals surface area (Å²) in [6.45, 7) is 4.76. The number of halogens is 3. The quantitative estimate of drug-likeness (QED) is 0.850. The first-order chi connectivity index (χ1) is 13.3. The second kappa shape index (κ2) is 8.60. The summed E-state index contributed by atoms with van der Waals surface area (Å²) in [5.41, 5.74) is 0.299. The van der Waals surface area contributed by atoms with Crippen molar-refractivity contribution >= 4 is 11.7 Å². The molecule has 1 aromatic carbocycles. The fourth-order valence-corrected chi connectivity index (χ4v) is 3.19. The standard InChI is InChI=1S/C20H23F3N4O/c1-15(16-5-3-2-4-6-16)25-19(28)14-26-9-11-27(12-10-26)18-8-7-17(13-24-18)20(21,22)23/h2-8,13,15H,9-12,14H2,1H3,(H,25,28). The molecule has 0 aliphatic carbocycles. The van der Waals surface area contributed by atoms with Crippen LogP contribution in [-0.4, -0.2) is 48.5 Å². The smallest absolute Gasteiger partial charge is 0.354 e. The van der Waals surface area contributed by atoms with Crippen molar-refractivity contribution in [3.63, 3.8) is 0 Å². The van der Waals surface area contributed by atoms with Crippen molar-refractivity contribution < 1.29 is 18.0 Å². The molecule has 1 amide bonds. The molecule has 2 heterocycles. The van der Waals surface area contributed by atoms with Gasteiger partial charge in [0.2, 0.25) is 5.91 Å². The first kappa shape index (κ1) is 20.1. The molecule has 0 bridgehead atoms. The predicted molar refractivity (Wildman–Crippen MR) is 101 cm³/mol. The van der Waals surface area contributed by atoms with E-state index in [-0.39, 0.29) is 11.9 Å². The van der Waals surface area contributed by atoms with E-state index in [1.807, 2.05) is 47.1 Å². The van der Waals surface area contributed by atoms with Crippen molar-refractivity contribution in [1.82, 2.24) is 15.2 Å². The molecule has 1 unspecified atom stereocenters. The average Bonchev–Trinajstić information content (AvgIpc) is 2.68. The van der Waals surface area contributed by atoms with Crippen molar-refractivity contribution in [2.45, 2.75) is 19.1 Å². The molecule has 1 aliphatic heterocycles. The van der Waals surface area contributed by atoms with Gasteiger partial charge in [-0.2, -0.15) is 13.2 Å². The number of benzene rings is 1. The minimum Gasteiger partial charge on any atom is -0.354 e. The van der Waals surface area contributed by atoms with E-state index >= 15 is 0 Å². The second-order valence-electron chi connectivity index (χ2n) is 6.87. The molecule has 28 heavy (non-hydrogen) atoms. The Morgan fingerprint density at radius 2 is 1.79 bits per heavy atom. The summed E-state index contributed by atoms with van der Waals surface area (Å²) in [7, 11) is 0. The van der Waals surface area contributed by atoms with Gasteiger partial charge >= 0.3 is 6.18 Å². The summed E-state index contributed by atoms with van der Waals surface area (Å²) in [6, 6.07) is 12.1. The highest BCUT2D eigenvalue weighted by Gasteiger charge is 2.31. The molecule has 8 heteroatoms. The normalized spacial score (nSPS) is 16.6. The Hall–Kier alpha value is -2.61. The zero-order valence-corrected chi connectivity index (χ0v) is 15.6. The molecule has 1 aliphatic rings. The number of hydrogen-bond donors (Lipinski definition) is 1. The Kier molecular flexibility index (Phi) is 6.18. The van der Waals surface area contributed by atoms with Crippen LogP contribution in [0.3, 0.4) is 0 Å². The largest absolute Gasteiger partial charge is 0.417 e. The maximum absolute atomic E-state index is 12.6. The Morgan fingerprint density at radius 1 is 1.11 bits per heavy atom. The topological polar surface area (TPSA) is 48.5 Å². The summed E-state index contributed by atoms with van der Waals surface area (Å²) in [4.78, 5) is 20.2. The number of amides is 1. The fourth-order valence-electron chi connectivity index (χ4n) is 3.19. The lowest BCUT2D eigenvalue weighted by Gasteiger charge is -2.35. The van der Waals surface area contributed by atoms with Crippen LogP contribution in [-0.2, 0) is 11.0 Å². The molecule has 150 valence electrons. The van der Waals surface area contributed by atoms with Gasteiger partial charge in [-0.25, -0.2) is 4.98 Å². The second-order valence-corrected chi connectivity index (χ2v) is 6.87. The number of piperazine rings is 1. The number of aromatic nitrogens is 1. The predicted octanol–water partition coefficient (Wildman–Crippen LogP) is 3.10. The van der Waals surface area contributed by atoms with Gasteiger partial charge in [0.05, 0.1) is 18.2 Å². The van der Waals surface area contributed by atoms with Crippen LogP contribution < -0.4 is 10.2 Å². The molecule has 1 atom stereocenters. The number of rotatable bonds is 5. The molecule has 5 nitrogen and oxygen atoms in total. The number of hydrogen-bond acceptors (Lipinski definition) is 4. The maximum atomic E-state index is 12.6. The zero-order valence-electron chi connectivity index (χ0n) is 15.6. The highest BCUT2D eigenvalue weighted by atomic mass is 19.4. The Morgan fingerprint density at radius 3 is 2.36 bits per heavy atom. The van der Waals surface area contributed by atoms with Crippen LogP contribution in [0.1, 0.15) is 24.1 Å². The SMILES string of the molecule is CC(NC(=O)CN1CCN(c2ccc(C(F)(F)F)cn2)CC1)c1ccccc1. The summed E-state index contributed by atoms with van der Waals surface area (Å²) in [6.07, 6.45) is -3.52. The van der Waals surface area contributed by atoms with E-state index < -0.39 is 11.7 Å². The minimum absolute atomic E-state index is 0.0440. The molecule has 1 saturated heterocycles. The first-order valence-electron chi connectivity index (χ1n) is 9.18. The van der Waals surface area contributed by atoms with E-state index in [1.54, 1.807) is 0 Å². The molecular formula is C20H23F3N4O. The number of carbonyl (C=O) groups excluding carboxylic acids is 1. The highest BCUT2D eigenvalue weighted by molar-refractivity contribution is 5.78. The van der Waals surface area contributed by atoms with Crippen molar-refractivity contribution in [3.8, 4) is 0 Å². The van der Waals surface area contributed by atoms with E-state index in [4.69, 9.17) is 0 Å². The maximum Gasteiger partial charge on any atom is 0.417 e. The van der Waals surface area contributed by atoms with Gasteiger partial charge in [-0.3, -0.25) is 9.69 Å². The molecule has 0 spiro atoms. The summed E-state index contributed by atoms with van der Waals surface area (Å²) in [5.74, 6) is 0.479. The van der Waals surface area contributed by atoms with E-state index in [0.29, 0.717) is 38.5 Å². The molecule has 1 aromatic heterocycles. The number of anilines is 1. The van der Waals surface area contributed by atoms with Crippen molar-refractivity contribution in [3.05, 3.63) is 59.8 Å². The number of pyridine rings is 1. The number of nitrogens with one attached hydrogen (secondary N) is 1. The fraction of sp³-hybridized carbons (Fsp3) is 0.400.